The van der Waals surface area contributed by atoms with E-state index in [2.05, 4.69) is 10.1 Å². The number of nitrogens with two attached hydrogens (primary N) is 1. The number of esters is 1. The number of nitrogen functional groups attached to an aromatic ring is 1. The van der Waals surface area contributed by atoms with Crippen molar-refractivity contribution >= 4 is 30.3 Å². The number of nitrogens with one attached hydrogen (secondary N) is 1. The molecule has 1 aromatic heterocycles. The third kappa shape index (κ3) is 6.41. The number of rotatable bonds is 10. The molecule has 0 unspecified atom stereocenters. The van der Waals surface area contributed by atoms with Crippen LogP contribution in [0.2, 0.25) is 0 Å². The molecule has 2 aromatic carbocycles. The minimum atomic E-state index is -4.67. The summed E-state index contributed by atoms with van der Waals surface area (Å²) in [5.74, 6) is -4.22. The number of aromatic nitrogens is 2. The molecule has 0 radical (unpaired) electrons. The summed E-state index contributed by atoms with van der Waals surface area (Å²) >= 11 is 0. The van der Waals surface area contributed by atoms with Crippen molar-refractivity contribution in [3.8, 4) is 5.75 Å². The van der Waals surface area contributed by atoms with Gasteiger partial charge in [-0.2, -0.15) is 10.1 Å². The number of hydrogen-bond acceptors (Lipinski definition) is 10. The summed E-state index contributed by atoms with van der Waals surface area (Å²) in [4.78, 5) is 28.2. The maximum Gasteiger partial charge on any atom is 0.459 e. The molecule has 2 heterocycles. The van der Waals surface area contributed by atoms with Crippen LogP contribution in [0.3, 0.4) is 0 Å². The van der Waals surface area contributed by atoms with Crippen LogP contribution in [-0.2, 0) is 23.4 Å². The molecule has 0 amide bonds. The van der Waals surface area contributed by atoms with E-state index >= 15 is 8.78 Å². The van der Waals surface area contributed by atoms with Gasteiger partial charge in [-0.3, -0.25) is 13.9 Å². The van der Waals surface area contributed by atoms with E-state index in [1.807, 2.05) is 0 Å². The van der Waals surface area contributed by atoms with Crippen LogP contribution in [0.25, 0.3) is 10.8 Å². The number of nitrogens with zero attached hydrogens (tertiary/aromatic N) is 2. The SMILES string of the molecule is CC(C)OC(=O)[C@H](C)N[P@@](=O)(OC[C@@]1(F)O[C@@H](n2ccc(N)nc2=O)[C@](C)(F)[C@@H]1O)Oc1cccc2ccccc12. The monoisotopic (exact) mass is 596 g/mol. The summed E-state index contributed by atoms with van der Waals surface area (Å²) < 4.78 is 67.7. The smallest absolute Gasteiger partial charge is 0.459 e. The number of aliphatic hydroxyl groups is 1. The van der Waals surface area contributed by atoms with Crippen molar-refractivity contribution in [1.29, 1.82) is 0 Å². The average Bonchev–Trinajstić information content (AvgIpc) is 3.07. The van der Waals surface area contributed by atoms with Crippen LogP contribution < -0.4 is 21.0 Å². The van der Waals surface area contributed by atoms with E-state index in [1.165, 1.54) is 13.0 Å². The lowest BCUT2D eigenvalue weighted by Crippen LogP contribution is -2.47. The second kappa shape index (κ2) is 11.5. The number of hydrogen-bond donors (Lipinski definition) is 3. The lowest BCUT2D eigenvalue weighted by Gasteiger charge is -2.28. The Morgan fingerprint density at radius 1 is 1.22 bits per heavy atom. The number of halogens is 2. The van der Waals surface area contributed by atoms with Crippen molar-refractivity contribution in [2.45, 2.75) is 63.7 Å². The predicted molar refractivity (Wildman–Crippen MR) is 144 cm³/mol. The fraction of sp³-hybridized carbons (Fsp3) is 0.423. The number of fused-ring (bicyclic) bond motifs is 1. The fourth-order valence-corrected chi connectivity index (χ4v) is 5.78. The molecule has 0 spiro atoms. The van der Waals surface area contributed by atoms with Crippen molar-refractivity contribution in [3.05, 3.63) is 65.2 Å². The normalized spacial score (nSPS) is 26.5. The van der Waals surface area contributed by atoms with Gasteiger partial charge in [0, 0.05) is 11.6 Å². The Bertz CT molecular complexity index is 1530. The van der Waals surface area contributed by atoms with Gasteiger partial charge in [0.2, 0.25) is 0 Å². The highest BCUT2D eigenvalue weighted by molar-refractivity contribution is 7.52. The van der Waals surface area contributed by atoms with Crippen LogP contribution >= 0.6 is 7.75 Å². The van der Waals surface area contributed by atoms with Crippen molar-refractivity contribution in [1.82, 2.24) is 14.6 Å². The predicted octanol–water partition coefficient (Wildman–Crippen LogP) is 3.40. The lowest BCUT2D eigenvalue weighted by molar-refractivity contribution is -0.203. The number of alkyl halides is 2. The Hall–Kier alpha value is -3.42. The summed E-state index contributed by atoms with van der Waals surface area (Å²) in [5.41, 5.74) is 1.54. The maximum absolute atomic E-state index is 16.0. The van der Waals surface area contributed by atoms with Gasteiger partial charge in [-0.15, -0.1) is 0 Å². The number of anilines is 1. The summed E-state index contributed by atoms with van der Waals surface area (Å²) in [7, 11) is -4.67. The first-order valence-electron chi connectivity index (χ1n) is 12.6. The second-order valence-corrected chi connectivity index (χ2v) is 11.7. The van der Waals surface area contributed by atoms with E-state index in [-0.39, 0.29) is 11.6 Å². The van der Waals surface area contributed by atoms with Gasteiger partial charge in [-0.25, -0.2) is 18.1 Å². The standard InChI is InChI=1S/C26H31F2N4O8P/c1-15(2)38-21(33)16(3)31-41(36,40-19-11-7-9-17-8-5-6-10-18(17)19)37-14-26(28)22(34)25(4,27)23(39-26)32-13-12-20(29)30-24(32)35/h5-13,15-16,22-23,34H,14H2,1-4H3,(H,31,36)(H2,29,30,35)/t16-,22-,23+,25+,26+,41+/m0/s1. The topological polar surface area (TPSA) is 164 Å². The van der Waals surface area contributed by atoms with Crippen LogP contribution in [0.15, 0.2) is 59.5 Å². The molecule has 0 aliphatic carbocycles. The Balaban J connectivity index is 1.64. The molecular formula is C26H31F2N4O8P. The minimum absolute atomic E-state index is 0.0665. The van der Waals surface area contributed by atoms with Gasteiger partial charge in [0.25, 0.3) is 5.85 Å². The summed E-state index contributed by atoms with van der Waals surface area (Å²) in [6.45, 7) is 4.05. The quantitative estimate of drug-likeness (QED) is 0.232. The summed E-state index contributed by atoms with van der Waals surface area (Å²) in [6.07, 6.45) is -3.96. The zero-order valence-corrected chi connectivity index (χ0v) is 23.6. The van der Waals surface area contributed by atoms with Crippen LogP contribution in [0.1, 0.15) is 33.9 Å². The van der Waals surface area contributed by atoms with Crippen molar-refractivity contribution in [2.24, 2.45) is 0 Å². The van der Waals surface area contributed by atoms with E-state index in [0.29, 0.717) is 9.95 Å². The maximum atomic E-state index is 16.0. The van der Waals surface area contributed by atoms with Crippen LogP contribution in [0, 0.1) is 0 Å². The van der Waals surface area contributed by atoms with Crippen molar-refractivity contribution < 1.29 is 41.8 Å². The third-order valence-electron chi connectivity index (χ3n) is 6.29. The molecule has 6 atom stereocenters. The van der Waals surface area contributed by atoms with Gasteiger partial charge in [-0.1, -0.05) is 36.4 Å². The van der Waals surface area contributed by atoms with Crippen LogP contribution in [0.4, 0.5) is 14.6 Å². The Morgan fingerprint density at radius 3 is 2.59 bits per heavy atom. The zero-order valence-electron chi connectivity index (χ0n) is 22.7. The van der Waals surface area contributed by atoms with Crippen molar-refractivity contribution in [3.63, 3.8) is 0 Å². The molecule has 15 heteroatoms. The average molecular weight is 597 g/mol. The van der Waals surface area contributed by atoms with E-state index in [4.69, 9.17) is 24.3 Å². The van der Waals surface area contributed by atoms with Crippen molar-refractivity contribution in [2.75, 3.05) is 12.3 Å². The molecule has 41 heavy (non-hydrogen) atoms. The highest BCUT2D eigenvalue weighted by Crippen LogP contribution is 2.52. The van der Waals surface area contributed by atoms with Gasteiger partial charge in [0.05, 0.1) is 6.10 Å². The Morgan fingerprint density at radius 2 is 1.90 bits per heavy atom. The van der Waals surface area contributed by atoms with Gasteiger partial charge in [0.15, 0.2) is 18.0 Å². The number of carbonyl (C=O) groups excluding carboxylic acids is 1. The Labute approximate surface area is 234 Å². The van der Waals surface area contributed by atoms with E-state index in [1.54, 1.807) is 50.2 Å². The second-order valence-electron chi connectivity index (χ2n) is 10.0. The third-order valence-corrected chi connectivity index (χ3v) is 7.90. The highest BCUT2D eigenvalue weighted by Gasteiger charge is 2.65. The molecule has 1 aliphatic rings. The van der Waals surface area contributed by atoms with Gasteiger partial charge in [-0.05, 0) is 45.2 Å². The molecule has 1 fully saturated rings. The van der Waals surface area contributed by atoms with Crippen LogP contribution in [0.5, 0.6) is 5.75 Å². The molecular weight excluding hydrogens is 565 g/mol. The molecule has 4 rings (SSSR count). The first kappa shape index (κ1) is 30.5. The molecule has 222 valence electrons. The largest absolute Gasteiger partial charge is 0.462 e. The number of benzene rings is 2. The molecule has 4 N–H and O–H groups in total. The van der Waals surface area contributed by atoms with E-state index in [0.717, 1.165) is 24.6 Å². The fourth-order valence-electron chi connectivity index (χ4n) is 4.26. The van der Waals surface area contributed by atoms with Gasteiger partial charge >= 0.3 is 19.4 Å². The molecule has 0 saturated carbocycles. The molecule has 1 saturated heterocycles. The van der Waals surface area contributed by atoms with Gasteiger partial charge in [0.1, 0.15) is 24.2 Å². The van der Waals surface area contributed by atoms with Gasteiger partial charge < -0.3 is 24.8 Å². The zero-order chi connectivity index (χ0) is 30.2. The first-order chi connectivity index (χ1) is 19.1. The summed E-state index contributed by atoms with van der Waals surface area (Å²) in [6, 6.07) is 11.7. The molecule has 12 nitrogen and oxygen atoms in total. The molecule has 1 aliphatic heterocycles. The lowest BCUT2D eigenvalue weighted by atomic mass is 9.97. The van der Waals surface area contributed by atoms with E-state index < -0.39 is 62.0 Å². The first-order valence-corrected chi connectivity index (χ1v) is 14.2. The number of aliphatic hydroxyl groups excluding tert-OH is 1. The molecule has 3 aromatic rings. The minimum Gasteiger partial charge on any atom is -0.462 e. The number of ether oxygens (including phenoxy) is 2. The van der Waals surface area contributed by atoms with E-state index in [9.17, 15) is 19.3 Å². The molecule has 0 bridgehead atoms. The summed E-state index contributed by atoms with van der Waals surface area (Å²) in [5, 5.41) is 14.3. The Kier molecular flexibility index (Phi) is 8.53. The van der Waals surface area contributed by atoms with Crippen LogP contribution in [-0.4, -0.2) is 57.0 Å². The highest BCUT2D eigenvalue weighted by atomic mass is 31.2. The number of carbonyl (C=O) groups is 1.